The summed E-state index contributed by atoms with van der Waals surface area (Å²) >= 11 is 6.03. The zero-order valence-electron chi connectivity index (χ0n) is 8.07. The Morgan fingerprint density at radius 2 is 2.19 bits per heavy atom. The van der Waals surface area contributed by atoms with E-state index in [-0.39, 0.29) is 12.8 Å². The Morgan fingerprint density at radius 3 is 2.94 bits per heavy atom. The number of hydrogen-bond acceptors (Lipinski definition) is 5. The number of nitrogens with zero attached hydrogens (tertiary/aromatic N) is 1. The van der Waals surface area contributed by atoms with E-state index in [1.54, 1.807) is 12.1 Å². The van der Waals surface area contributed by atoms with Gasteiger partial charge in [-0.3, -0.25) is 0 Å². The lowest BCUT2D eigenvalue weighted by Gasteiger charge is -2.01. The number of halogens is 1. The molecule has 2 N–H and O–H groups in total. The monoisotopic (exact) mass is 238 g/mol. The van der Waals surface area contributed by atoms with Crippen molar-refractivity contribution in [2.75, 3.05) is 12.5 Å². The minimum absolute atomic E-state index is 0.115. The first-order valence-electron chi connectivity index (χ1n) is 4.55. The lowest BCUT2D eigenvalue weighted by atomic mass is 10.1. The molecule has 0 aliphatic carbocycles. The van der Waals surface area contributed by atoms with Crippen LogP contribution < -0.4 is 15.2 Å². The molecular formula is C10H7ClN2O3. The largest absolute Gasteiger partial charge is 0.454 e. The molecule has 16 heavy (non-hydrogen) atoms. The minimum Gasteiger partial charge on any atom is -0.454 e. The van der Waals surface area contributed by atoms with Crippen LogP contribution in [0.25, 0.3) is 11.3 Å². The maximum absolute atomic E-state index is 6.03. The van der Waals surface area contributed by atoms with Crippen LogP contribution in [0.1, 0.15) is 0 Å². The van der Waals surface area contributed by atoms with Crippen molar-refractivity contribution in [3.05, 3.63) is 23.4 Å². The maximum atomic E-state index is 6.03. The molecule has 1 aliphatic rings. The van der Waals surface area contributed by atoms with Gasteiger partial charge in [-0.05, 0) is 12.1 Å². The van der Waals surface area contributed by atoms with Gasteiger partial charge in [0.15, 0.2) is 17.3 Å². The predicted molar refractivity (Wildman–Crippen MR) is 57.5 cm³/mol. The van der Waals surface area contributed by atoms with Gasteiger partial charge in [-0.1, -0.05) is 11.6 Å². The van der Waals surface area contributed by atoms with Crippen LogP contribution in [0.15, 0.2) is 22.7 Å². The van der Waals surface area contributed by atoms with Crippen molar-refractivity contribution < 1.29 is 13.9 Å². The normalized spacial score (nSPS) is 13.1. The first kappa shape index (κ1) is 9.35. The lowest BCUT2D eigenvalue weighted by molar-refractivity contribution is 0.174. The molecule has 1 aromatic carbocycles. The highest BCUT2D eigenvalue weighted by Crippen LogP contribution is 2.42. The van der Waals surface area contributed by atoms with Gasteiger partial charge in [0.25, 0.3) is 6.01 Å². The van der Waals surface area contributed by atoms with Crippen molar-refractivity contribution in [1.82, 2.24) is 4.98 Å². The number of rotatable bonds is 1. The first-order valence-corrected chi connectivity index (χ1v) is 4.92. The topological polar surface area (TPSA) is 70.5 Å². The van der Waals surface area contributed by atoms with Gasteiger partial charge in [0.2, 0.25) is 6.79 Å². The Bertz CT molecular complexity index is 553. The van der Waals surface area contributed by atoms with Crippen molar-refractivity contribution in [1.29, 1.82) is 0 Å². The third-order valence-corrected chi connectivity index (χ3v) is 2.52. The Kier molecular flexibility index (Phi) is 1.94. The Balaban J connectivity index is 2.12. The van der Waals surface area contributed by atoms with Crippen LogP contribution in [-0.4, -0.2) is 11.8 Å². The molecule has 0 atom stereocenters. The van der Waals surface area contributed by atoms with E-state index in [2.05, 4.69) is 4.98 Å². The number of nitrogen functional groups attached to an aromatic ring is 1. The SMILES string of the molecule is Nc1ncc(-c2cc(Cl)c3c(c2)OCO3)o1. The van der Waals surface area contributed by atoms with Gasteiger partial charge in [0.1, 0.15) is 0 Å². The van der Waals surface area contributed by atoms with Crippen LogP contribution in [0.4, 0.5) is 6.01 Å². The number of fused-ring (bicyclic) bond motifs is 1. The van der Waals surface area contributed by atoms with E-state index >= 15 is 0 Å². The molecule has 0 unspecified atom stereocenters. The number of aromatic nitrogens is 1. The van der Waals surface area contributed by atoms with Gasteiger partial charge < -0.3 is 19.6 Å². The average molecular weight is 239 g/mol. The van der Waals surface area contributed by atoms with E-state index < -0.39 is 0 Å². The van der Waals surface area contributed by atoms with E-state index in [1.165, 1.54) is 6.20 Å². The van der Waals surface area contributed by atoms with Crippen molar-refractivity contribution >= 4 is 17.6 Å². The third kappa shape index (κ3) is 1.37. The molecule has 2 aromatic rings. The fourth-order valence-electron chi connectivity index (χ4n) is 1.53. The second-order valence-electron chi connectivity index (χ2n) is 3.25. The summed E-state index contributed by atoms with van der Waals surface area (Å²) in [5.41, 5.74) is 6.15. The summed E-state index contributed by atoms with van der Waals surface area (Å²) < 4.78 is 15.6. The van der Waals surface area contributed by atoms with Gasteiger partial charge in [0, 0.05) is 5.56 Å². The van der Waals surface area contributed by atoms with Gasteiger partial charge in [-0.15, -0.1) is 0 Å². The molecule has 0 saturated carbocycles. The lowest BCUT2D eigenvalue weighted by Crippen LogP contribution is -1.93. The molecule has 0 fully saturated rings. The average Bonchev–Trinajstić information content (AvgIpc) is 2.85. The molecule has 1 aliphatic heterocycles. The predicted octanol–water partition coefficient (Wildman–Crippen LogP) is 2.31. The van der Waals surface area contributed by atoms with E-state index in [9.17, 15) is 0 Å². The third-order valence-electron chi connectivity index (χ3n) is 2.24. The van der Waals surface area contributed by atoms with Gasteiger partial charge in [0.05, 0.1) is 11.2 Å². The highest BCUT2D eigenvalue weighted by Gasteiger charge is 2.19. The summed E-state index contributed by atoms with van der Waals surface area (Å²) in [5, 5.41) is 0.472. The summed E-state index contributed by atoms with van der Waals surface area (Å²) in [6.45, 7) is 0.178. The molecule has 0 bridgehead atoms. The second kappa shape index (κ2) is 3.31. The fourth-order valence-corrected chi connectivity index (χ4v) is 1.80. The molecule has 0 amide bonds. The van der Waals surface area contributed by atoms with Gasteiger partial charge >= 0.3 is 0 Å². The molecule has 5 nitrogen and oxygen atoms in total. The van der Waals surface area contributed by atoms with Crippen molar-refractivity contribution in [2.45, 2.75) is 0 Å². The highest BCUT2D eigenvalue weighted by molar-refractivity contribution is 6.32. The Morgan fingerprint density at radius 1 is 1.31 bits per heavy atom. The summed E-state index contributed by atoms with van der Waals surface area (Å²) in [4.78, 5) is 3.81. The minimum atomic E-state index is 0.115. The van der Waals surface area contributed by atoms with Crippen LogP contribution in [0.2, 0.25) is 5.02 Å². The molecule has 0 spiro atoms. The summed E-state index contributed by atoms with van der Waals surface area (Å²) in [6, 6.07) is 3.60. The molecule has 2 heterocycles. The molecule has 0 radical (unpaired) electrons. The molecule has 82 valence electrons. The van der Waals surface area contributed by atoms with Crippen molar-refractivity contribution in [2.24, 2.45) is 0 Å². The number of anilines is 1. The smallest absolute Gasteiger partial charge is 0.292 e. The van der Waals surface area contributed by atoms with Crippen LogP contribution in [0.5, 0.6) is 11.5 Å². The Hall–Kier alpha value is -1.88. The second-order valence-corrected chi connectivity index (χ2v) is 3.66. The van der Waals surface area contributed by atoms with E-state index in [0.29, 0.717) is 22.3 Å². The zero-order chi connectivity index (χ0) is 11.1. The van der Waals surface area contributed by atoms with Gasteiger partial charge in [-0.25, -0.2) is 4.98 Å². The van der Waals surface area contributed by atoms with E-state index in [1.807, 2.05) is 0 Å². The number of ether oxygens (including phenoxy) is 2. The Labute approximate surface area is 95.7 Å². The summed E-state index contributed by atoms with van der Waals surface area (Å²) in [7, 11) is 0. The standard InChI is InChI=1S/C10H7ClN2O3/c11-6-1-5(8-3-13-10(12)16-8)2-7-9(6)15-4-14-7/h1-3H,4H2,(H2,12,13). The number of benzene rings is 1. The highest BCUT2D eigenvalue weighted by atomic mass is 35.5. The van der Waals surface area contributed by atoms with Crippen molar-refractivity contribution in [3.63, 3.8) is 0 Å². The molecular weight excluding hydrogens is 232 g/mol. The quantitative estimate of drug-likeness (QED) is 0.826. The number of oxazole rings is 1. The van der Waals surface area contributed by atoms with Gasteiger partial charge in [-0.2, -0.15) is 0 Å². The van der Waals surface area contributed by atoms with Crippen LogP contribution in [0.3, 0.4) is 0 Å². The van der Waals surface area contributed by atoms with Crippen LogP contribution in [-0.2, 0) is 0 Å². The molecule has 1 aromatic heterocycles. The molecule has 0 saturated heterocycles. The molecule has 6 heteroatoms. The fraction of sp³-hybridized carbons (Fsp3) is 0.100. The zero-order valence-corrected chi connectivity index (χ0v) is 8.82. The van der Waals surface area contributed by atoms with E-state index in [0.717, 1.165) is 5.56 Å². The first-order chi connectivity index (χ1) is 7.74. The summed E-state index contributed by atoms with van der Waals surface area (Å²) in [5.74, 6) is 1.69. The van der Waals surface area contributed by atoms with E-state index in [4.69, 9.17) is 31.2 Å². The number of hydrogen-bond donors (Lipinski definition) is 1. The summed E-state index contributed by atoms with van der Waals surface area (Å²) in [6.07, 6.45) is 1.53. The number of nitrogens with two attached hydrogens (primary N) is 1. The maximum Gasteiger partial charge on any atom is 0.292 e. The molecule has 3 rings (SSSR count). The van der Waals surface area contributed by atoms with Crippen LogP contribution in [0, 0.1) is 0 Å². The van der Waals surface area contributed by atoms with Crippen molar-refractivity contribution in [3.8, 4) is 22.8 Å². The van der Waals surface area contributed by atoms with Crippen LogP contribution >= 0.6 is 11.6 Å².